The summed E-state index contributed by atoms with van der Waals surface area (Å²) in [5.74, 6) is -0.383. The highest BCUT2D eigenvalue weighted by Gasteiger charge is 2.45. The Morgan fingerprint density at radius 1 is 1.00 bits per heavy atom. The number of aryl methyl sites for hydroxylation is 2. The zero-order valence-corrected chi connectivity index (χ0v) is 21.5. The topological polar surface area (TPSA) is 72.8 Å². The van der Waals surface area contributed by atoms with Crippen LogP contribution in [0.2, 0.25) is 0 Å². The Morgan fingerprint density at radius 3 is 2.54 bits per heavy atom. The maximum Gasteiger partial charge on any atom is 0.254 e. The monoisotopic (exact) mass is 497 g/mol. The summed E-state index contributed by atoms with van der Waals surface area (Å²) in [6.45, 7) is 2.68. The SMILES string of the molecule is COCCN1C(=O)c2ccccc2[C@@H](C(=O)Nc2cc(C)ccc2OC)[C@H]1c1cn(C)c2ccccc12. The molecule has 1 aliphatic rings. The second-order valence-corrected chi connectivity index (χ2v) is 9.41. The van der Waals surface area contributed by atoms with Crippen molar-refractivity contribution >= 4 is 28.4 Å². The van der Waals surface area contributed by atoms with E-state index < -0.39 is 12.0 Å². The van der Waals surface area contributed by atoms with Crippen molar-refractivity contribution in [3.8, 4) is 5.75 Å². The first-order chi connectivity index (χ1) is 17.9. The van der Waals surface area contributed by atoms with Crippen LogP contribution < -0.4 is 10.1 Å². The third kappa shape index (κ3) is 4.36. The van der Waals surface area contributed by atoms with Crippen LogP contribution in [-0.2, 0) is 16.6 Å². The number of nitrogens with one attached hydrogen (secondary N) is 1. The molecule has 0 fully saturated rings. The molecule has 0 saturated carbocycles. The lowest BCUT2D eigenvalue weighted by atomic mass is 9.79. The Bertz CT molecular complexity index is 1470. The smallest absolute Gasteiger partial charge is 0.254 e. The number of carbonyl (C=O) groups excluding carboxylic acids is 2. The minimum absolute atomic E-state index is 0.109. The number of hydrogen-bond acceptors (Lipinski definition) is 4. The molecule has 1 N–H and O–H groups in total. The summed E-state index contributed by atoms with van der Waals surface area (Å²) in [7, 11) is 5.18. The highest BCUT2D eigenvalue weighted by atomic mass is 16.5. The van der Waals surface area contributed by atoms with E-state index in [0.29, 0.717) is 35.7 Å². The van der Waals surface area contributed by atoms with E-state index in [1.54, 1.807) is 25.2 Å². The number of benzene rings is 3. The number of fused-ring (bicyclic) bond motifs is 2. The third-order valence-corrected chi connectivity index (χ3v) is 7.12. The summed E-state index contributed by atoms with van der Waals surface area (Å²) in [5.41, 5.74) is 4.81. The van der Waals surface area contributed by atoms with Gasteiger partial charge in [-0.1, -0.05) is 42.5 Å². The summed E-state index contributed by atoms with van der Waals surface area (Å²) in [6, 6.07) is 20.6. The van der Waals surface area contributed by atoms with Gasteiger partial charge in [0.1, 0.15) is 5.75 Å². The minimum atomic E-state index is -0.651. The molecule has 3 aromatic carbocycles. The first kappa shape index (κ1) is 24.6. The van der Waals surface area contributed by atoms with Crippen molar-refractivity contribution in [2.45, 2.75) is 18.9 Å². The zero-order chi connectivity index (χ0) is 26.1. The molecule has 0 radical (unpaired) electrons. The van der Waals surface area contributed by atoms with Crippen LogP contribution in [0.3, 0.4) is 0 Å². The van der Waals surface area contributed by atoms with Gasteiger partial charge in [0.25, 0.3) is 5.91 Å². The fraction of sp³-hybridized carbons (Fsp3) is 0.267. The number of methoxy groups -OCH3 is 2. The third-order valence-electron chi connectivity index (χ3n) is 7.12. The molecular weight excluding hydrogens is 466 g/mol. The molecule has 2 amide bonds. The average molecular weight is 498 g/mol. The number of para-hydroxylation sites is 1. The van der Waals surface area contributed by atoms with Gasteiger partial charge in [-0.15, -0.1) is 0 Å². The van der Waals surface area contributed by atoms with E-state index in [-0.39, 0.29) is 11.8 Å². The fourth-order valence-corrected chi connectivity index (χ4v) is 5.40. The van der Waals surface area contributed by atoms with Gasteiger partial charge in [-0.25, -0.2) is 0 Å². The van der Waals surface area contributed by atoms with Crippen LogP contribution in [0.5, 0.6) is 5.75 Å². The van der Waals surface area contributed by atoms with Gasteiger partial charge in [0.15, 0.2) is 0 Å². The summed E-state index contributed by atoms with van der Waals surface area (Å²) >= 11 is 0. The van der Waals surface area contributed by atoms with Gasteiger partial charge in [0.2, 0.25) is 5.91 Å². The molecular formula is C30H31N3O4. The van der Waals surface area contributed by atoms with Crippen molar-refractivity contribution < 1.29 is 19.1 Å². The Hall–Kier alpha value is -4.10. The second-order valence-electron chi connectivity index (χ2n) is 9.41. The first-order valence-electron chi connectivity index (χ1n) is 12.3. The van der Waals surface area contributed by atoms with Crippen LogP contribution in [0.1, 0.15) is 39.0 Å². The molecule has 0 bridgehead atoms. The van der Waals surface area contributed by atoms with Crippen LogP contribution in [0.4, 0.5) is 5.69 Å². The highest BCUT2D eigenvalue weighted by molar-refractivity contribution is 6.05. The lowest BCUT2D eigenvalue weighted by Gasteiger charge is -2.41. The molecule has 0 saturated heterocycles. The summed E-state index contributed by atoms with van der Waals surface area (Å²) < 4.78 is 12.9. The second kappa shape index (κ2) is 10.1. The predicted molar refractivity (Wildman–Crippen MR) is 144 cm³/mol. The van der Waals surface area contributed by atoms with Crippen LogP contribution >= 0.6 is 0 Å². The van der Waals surface area contributed by atoms with E-state index in [4.69, 9.17) is 9.47 Å². The summed E-state index contributed by atoms with van der Waals surface area (Å²) in [4.78, 5) is 29.8. The number of rotatable bonds is 7. The normalized spacial score (nSPS) is 17.1. The summed E-state index contributed by atoms with van der Waals surface area (Å²) in [6.07, 6.45) is 2.03. The molecule has 37 heavy (non-hydrogen) atoms. The molecule has 0 unspecified atom stereocenters. The number of ether oxygens (including phenoxy) is 2. The molecule has 190 valence electrons. The lowest BCUT2D eigenvalue weighted by molar-refractivity contribution is -0.119. The van der Waals surface area contributed by atoms with Gasteiger partial charge in [0, 0.05) is 48.9 Å². The predicted octanol–water partition coefficient (Wildman–Crippen LogP) is 5.06. The minimum Gasteiger partial charge on any atom is -0.495 e. The Balaban J connectivity index is 1.70. The number of carbonyl (C=O) groups is 2. The number of anilines is 1. The van der Waals surface area contributed by atoms with Gasteiger partial charge in [-0.3, -0.25) is 9.59 Å². The van der Waals surface area contributed by atoms with Gasteiger partial charge in [-0.05, 0) is 42.3 Å². The number of amides is 2. The number of nitrogens with zero attached hydrogens (tertiary/aromatic N) is 2. The molecule has 2 atom stereocenters. The molecule has 5 rings (SSSR count). The van der Waals surface area contributed by atoms with Crippen LogP contribution in [0, 0.1) is 6.92 Å². The number of hydrogen-bond donors (Lipinski definition) is 1. The van der Waals surface area contributed by atoms with Gasteiger partial charge >= 0.3 is 0 Å². The maximum atomic E-state index is 14.2. The summed E-state index contributed by atoms with van der Waals surface area (Å²) in [5, 5.41) is 4.13. The van der Waals surface area contributed by atoms with E-state index in [1.807, 2.05) is 85.4 Å². The molecule has 0 spiro atoms. The van der Waals surface area contributed by atoms with Crippen molar-refractivity contribution in [1.29, 1.82) is 0 Å². The molecule has 1 aromatic heterocycles. The van der Waals surface area contributed by atoms with Gasteiger partial charge in [-0.2, -0.15) is 0 Å². The Morgan fingerprint density at radius 2 is 1.76 bits per heavy atom. The van der Waals surface area contributed by atoms with Crippen molar-refractivity contribution in [1.82, 2.24) is 9.47 Å². The van der Waals surface area contributed by atoms with E-state index >= 15 is 0 Å². The molecule has 7 heteroatoms. The van der Waals surface area contributed by atoms with Gasteiger partial charge < -0.3 is 24.3 Å². The van der Waals surface area contributed by atoms with E-state index in [9.17, 15) is 9.59 Å². The standard InChI is InChI=1S/C30H31N3O4/c1-19-13-14-26(37-4)24(17-19)31-29(34)27-21-10-5-6-11-22(21)30(35)33(15-16-36-3)28(27)23-18-32(2)25-12-8-7-9-20(23)25/h5-14,17-18,27-28H,15-16H2,1-4H3,(H,31,34)/t27-,28-/m1/s1. The zero-order valence-electron chi connectivity index (χ0n) is 21.5. The molecule has 2 heterocycles. The molecule has 4 aromatic rings. The maximum absolute atomic E-state index is 14.2. The van der Waals surface area contributed by atoms with Crippen LogP contribution in [-0.4, -0.2) is 48.7 Å². The van der Waals surface area contributed by atoms with Crippen molar-refractivity contribution in [2.75, 3.05) is 32.7 Å². The largest absolute Gasteiger partial charge is 0.495 e. The van der Waals surface area contributed by atoms with Crippen LogP contribution in [0.25, 0.3) is 10.9 Å². The average Bonchev–Trinajstić information content (AvgIpc) is 3.24. The van der Waals surface area contributed by atoms with Crippen molar-refractivity contribution in [3.05, 3.63) is 95.2 Å². The van der Waals surface area contributed by atoms with Crippen LogP contribution in [0.15, 0.2) is 72.9 Å². The highest BCUT2D eigenvalue weighted by Crippen LogP contribution is 2.45. The van der Waals surface area contributed by atoms with Crippen molar-refractivity contribution in [3.63, 3.8) is 0 Å². The van der Waals surface area contributed by atoms with Crippen molar-refractivity contribution in [2.24, 2.45) is 7.05 Å². The molecule has 0 aliphatic carbocycles. The molecule has 7 nitrogen and oxygen atoms in total. The Kier molecular flexibility index (Phi) is 6.72. The molecule has 1 aliphatic heterocycles. The quantitative estimate of drug-likeness (QED) is 0.387. The first-order valence-corrected chi connectivity index (χ1v) is 12.3. The van der Waals surface area contributed by atoms with E-state index in [0.717, 1.165) is 22.0 Å². The van der Waals surface area contributed by atoms with E-state index in [1.165, 1.54) is 0 Å². The van der Waals surface area contributed by atoms with Gasteiger partial charge in [0.05, 0.1) is 31.4 Å². The fourth-order valence-electron chi connectivity index (χ4n) is 5.40. The number of aromatic nitrogens is 1. The Labute approximate surface area is 216 Å². The lowest BCUT2D eigenvalue weighted by Crippen LogP contribution is -2.47. The van der Waals surface area contributed by atoms with E-state index in [2.05, 4.69) is 5.32 Å².